The summed E-state index contributed by atoms with van der Waals surface area (Å²) >= 11 is 0. The molecule has 42 heavy (non-hydrogen) atoms. The third kappa shape index (κ3) is 6.97. The first-order valence-electron chi connectivity index (χ1n) is 13.9. The normalized spacial score (nSPS) is 16.8. The fourth-order valence-corrected chi connectivity index (χ4v) is 5.23. The molecule has 5 rings (SSSR count). The van der Waals surface area contributed by atoms with E-state index < -0.39 is 17.5 Å². The molecular weight excluding hydrogens is 548 g/mol. The van der Waals surface area contributed by atoms with Crippen molar-refractivity contribution in [3.8, 4) is 11.5 Å². The number of aromatic nitrogens is 2. The van der Waals surface area contributed by atoms with E-state index in [0.717, 1.165) is 45.0 Å². The second-order valence-corrected chi connectivity index (χ2v) is 10.4. The number of carbonyl (C=O) groups is 1. The van der Waals surface area contributed by atoms with Crippen molar-refractivity contribution in [1.82, 2.24) is 15.1 Å². The Morgan fingerprint density at radius 2 is 1.90 bits per heavy atom. The molecule has 0 radical (unpaired) electrons. The molecule has 2 aromatic carbocycles. The van der Waals surface area contributed by atoms with Crippen molar-refractivity contribution in [1.29, 1.82) is 0 Å². The van der Waals surface area contributed by atoms with Gasteiger partial charge in [0.1, 0.15) is 17.5 Å². The summed E-state index contributed by atoms with van der Waals surface area (Å²) in [4.78, 5) is 20.1. The molecule has 0 aliphatic carbocycles. The van der Waals surface area contributed by atoms with Gasteiger partial charge in [-0.3, -0.25) is 9.89 Å². The molecule has 3 heterocycles. The molecule has 5 N–H and O–H groups in total. The largest absolute Gasteiger partial charge is 0.493 e. The van der Waals surface area contributed by atoms with E-state index in [1.165, 1.54) is 19.2 Å². The number of H-pyrrole nitrogens is 1. The number of amidine groups is 1. The average Bonchev–Trinajstić information content (AvgIpc) is 3.40. The van der Waals surface area contributed by atoms with Crippen LogP contribution in [0.3, 0.4) is 0 Å². The van der Waals surface area contributed by atoms with Gasteiger partial charge in [0.25, 0.3) is 0 Å². The van der Waals surface area contributed by atoms with Gasteiger partial charge in [-0.15, -0.1) is 0 Å². The fourth-order valence-electron chi connectivity index (χ4n) is 5.23. The zero-order valence-corrected chi connectivity index (χ0v) is 23.4. The topological polar surface area (TPSA) is 141 Å². The Bertz CT molecular complexity index is 1420. The van der Waals surface area contributed by atoms with Crippen molar-refractivity contribution in [2.75, 3.05) is 56.8 Å². The molecule has 2 aliphatic heterocycles. The van der Waals surface area contributed by atoms with E-state index in [1.807, 2.05) is 6.07 Å². The number of aliphatic hydroxyl groups is 1. The minimum absolute atomic E-state index is 0.0374. The zero-order chi connectivity index (χ0) is 29.6. The number of primary amides is 1. The van der Waals surface area contributed by atoms with E-state index in [4.69, 9.17) is 20.2 Å². The van der Waals surface area contributed by atoms with Gasteiger partial charge in [-0.1, -0.05) is 0 Å². The van der Waals surface area contributed by atoms with Gasteiger partial charge in [-0.05, 0) is 56.5 Å². The SMILES string of the molecule is COc1cc2c(cc1OCCCN1CCC(CO)CC1)NCN(c1cc(F)cc(F)c1)C2=Nc1cc(CC(N)=O)[nH]n1. The van der Waals surface area contributed by atoms with E-state index in [-0.39, 0.29) is 31.2 Å². The molecule has 13 heteroatoms. The molecule has 0 unspecified atom stereocenters. The van der Waals surface area contributed by atoms with Crippen LogP contribution in [0.4, 0.5) is 26.0 Å². The fraction of sp³-hybridized carbons (Fsp3) is 0.414. The van der Waals surface area contributed by atoms with Crippen LogP contribution in [0.5, 0.6) is 11.5 Å². The van der Waals surface area contributed by atoms with E-state index in [2.05, 4.69) is 20.4 Å². The summed E-state index contributed by atoms with van der Waals surface area (Å²) in [6, 6.07) is 8.41. The number of aliphatic hydroxyl groups excluding tert-OH is 1. The molecule has 0 atom stereocenters. The average molecular weight is 584 g/mol. The number of hydrogen-bond acceptors (Lipinski definition) is 8. The number of aliphatic imine (C=N–C) groups is 1. The zero-order valence-electron chi connectivity index (χ0n) is 23.4. The number of ether oxygens (including phenoxy) is 2. The number of benzene rings is 2. The van der Waals surface area contributed by atoms with Crippen LogP contribution in [-0.2, 0) is 11.2 Å². The summed E-state index contributed by atoms with van der Waals surface area (Å²) < 4.78 is 40.2. The van der Waals surface area contributed by atoms with Crippen LogP contribution in [0.25, 0.3) is 0 Å². The van der Waals surface area contributed by atoms with Gasteiger partial charge >= 0.3 is 0 Å². The number of methoxy groups -OCH3 is 1. The first-order chi connectivity index (χ1) is 20.3. The Morgan fingerprint density at radius 3 is 2.60 bits per heavy atom. The number of halogens is 2. The number of piperidine rings is 1. The smallest absolute Gasteiger partial charge is 0.223 e. The molecule has 1 amide bonds. The van der Waals surface area contributed by atoms with Crippen molar-refractivity contribution < 1.29 is 28.2 Å². The van der Waals surface area contributed by atoms with Gasteiger partial charge in [-0.25, -0.2) is 13.8 Å². The molecule has 0 bridgehead atoms. The van der Waals surface area contributed by atoms with Gasteiger partial charge in [-0.2, -0.15) is 5.10 Å². The van der Waals surface area contributed by atoms with E-state index in [9.17, 15) is 18.7 Å². The van der Waals surface area contributed by atoms with Crippen LogP contribution >= 0.6 is 0 Å². The Labute approximate surface area is 242 Å². The maximum atomic E-state index is 14.2. The van der Waals surface area contributed by atoms with Crippen molar-refractivity contribution >= 4 is 28.9 Å². The highest BCUT2D eigenvalue weighted by molar-refractivity contribution is 6.16. The highest BCUT2D eigenvalue weighted by Gasteiger charge is 2.27. The molecule has 1 fully saturated rings. The number of fused-ring (bicyclic) bond motifs is 1. The Kier molecular flexibility index (Phi) is 9.18. The summed E-state index contributed by atoms with van der Waals surface area (Å²) in [5, 5.41) is 19.5. The van der Waals surface area contributed by atoms with Crippen LogP contribution < -0.4 is 25.4 Å². The summed E-state index contributed by atoms with van der Waals surface area (Å²) in [5.41, 5.74) is 7.32. The van der Waals surface area contributed by atoms with Crippen LogP contribution in [0.15, 0.2) is 41.4 Å². The number of likely N-dealkylation sites (tertiary alicyclic amines) is 1. The van der Waals surface area contributed by atoms with Crippen molar-refractivity contribution in [2.24, 2.45) is 16.6 Å². The second kappa shape index (κ2) is 13.2. The molecule has 2 aliphatic rings. The van der Waals surface area contributed by atoms with Crippen LogP contribution in [0.1, 0.15) is 30.5 Å². The van der Waals surface area contributed by atoms with Gasteiger partial charge in [0.15, 0.2) is 17.3 Å². The standard InChI is InChI=1S/C29H35F2N7O4/c1-41-25-14-23-24(15-26(25)42-8-2-5-37-6-3-18(16-39)4-7-37)33-17-38(22-10-19(30)9-20(31)11-22)29(23)34-28-13-21(35-36-28)12-27(32)40/h9-11,13-15,18,33,39H,2-8,12,16-17H2,1H3,(H2,32,40)(H,35,36). The number of anilines is 2. The van der Waals surface area contributed by atoms with Gasteiger partial charge in [0.2, 0.25) is 5.91 Å². The maximum Gasteiger partial charge on any atom is 0.223 e. The third-order valence-electron chi connectivity index (χ3n) is 7.43. The van der Waals surface area contributed by atoms with Gasteiger partial charge in [0, 0.05) is 42.6 Å². The number of nitrogens with two attached hydrogens (primary N) is 1. The van der Waals surface area contributed by atoms with Crippen LogP contribution in [0.2, 0.25) is 0 Å². The monoisotopic (exact) mass is 583 g/mol. The molecular formula is C29H35F2N7O4. The first-order valence-corrected chi connectivity index (χ1v) is 13.9. The summed E-state index contributed by atoms with van der Waals surface area (Å²) in [7, 11) is 1.54. The number of nitrogens with one attached hydrogen (secondary N) is 2. The molecule has 1 aromatic heterocycles. The molecule has 0 saturated carbocycles. The lowest BCUT2D eigenvalue weighted by Crippen LogP contribution is -2.40. The highest BCUT2D eigenvalue weighted by atomic mass is 19.1. The molecule has 224 valence electrons. The Morgan fingerprint density at radius 1 is 1.14 bits per heavy atom. The molecule has 11 nitrogen and oxygen atoms in total. The lowest BCUT2D eigenvalue weighted by atomic mass is 9.98. The number of hydrogen-bond donors (Lipinski definition) is 4. The molecule has 1 saturated heterocycles. The third-order valence-corrected chi connectivity index (χ3v) is 7.43. The van der Waals surface area contributed by atoms with Crippen molar-refractivity contribution in [2.45, 2.75) is 25.7 Å². The molecule has 0 spiro atoms. The quantitative estimate of drug-likeness (QED) is 0.252. The lowest BCUT2D eigenvalue weighted by molar-refractivity contribution is -0.117. The van der Waals surface area contributed by atoms with E-state index in [1.54, 1.807) is 17.0 Å². The number of carbonyl (C=O) groups excluding carboxylic acids is 1. The Hall–Kier alpha value is -4.23. The molecule has 3 aromatic rings. The number of nitrogens with zero attached hydrogens (tertiary/aromatic N) is 4. The summed E-state index contributed by atoms with van der Waals surface area (Å²) in [6.07, 6.45) is 2.81. The summed E-state index contributed by atoms with van der Waals surface area (Å²) in [6.45, 7) is 3.76. The van der Waals surface area contributed by atoms with E-state index in [0.29, 0.717) is 46.8 Å². The van der Waals surface area contributed by atoms with Crippen molar-refractivity contribution in [3.05, 3.63) is 59.3 Å². The highest BCUT2D eigenvalue weighted by Crippen LogP contribution is 2.38. The number of aromatic amines is 1. The lowest BCUT2D eigenvalue weighted by Gasteiger charge is -2.33. The van der Waals surface area contributed by atoms with Crippen LogP contribution in [0, 0.1) is 17.6 Å². The minimum Gasteiger partial charge on any atom is -0.493 e. The van der Waals surface area contributed by atoms with Crippen LogP contribution in [-0.4, -0.2) is 78.6 Å². The minimum atomic E-state index is -0.724. The van der Waals surface area contributed by atoms with Crippen molar-refractivity contribution in [3.63, 3.8) is 0 Å². The van der Waals surface area contributed by atoms with Gasteiger partial charge in [0.05, 0.1) is 38.2 Å². The maximum absolute atomic E-state index is 14.2. The first kappa shape index (κ1) is 29.3. The predicted octanol–water partition coefficient (Wildman–Crippen LogP) is 3.17. The number of amides is 1. The predicted molar refractivity (Wildman–Crippen MR) is 154 cm³/mol. The van der Waals surface area contributed by atoms with E-state index >= 15 is 0 Å². The Balaban J connectivity index is 1.39. The number of rotatable bonds is 11. The van der Waals surface area contributed by atoms with Gasteiger partial charge < -0.3 is 35.4 Å². The second-order valence-electron chi connectivity index (χ2n) is 10.4. The summed E-state index contributed by atoms with van der Waals surface area (Å²) in [5.74, 6) is 0.0760.